The average Bonchev–Trinajstić information content (AvgIpc) is 2.48. The molecule has 2 rings (SSSR count). The molecule has 1 aromatic carbocycles. The number of amides is 1. The molecule has 8 heteroatoms. The number of benzene rings is 1. The Kier molecular flexibility index (Phi) is 5.18. The molecule has 1 aromatic heterocycles. The van der Waals surface area contributed by atoms with Gasteiger partial charge in [0, 0.05) is 17.5 Å². The van der Waals surface area contributed by atoms with Crippen molar-refractivity contribution in [3.05, 3.63) is 45.8 Å². The summed E-state index contributed by atoms with van der Waals surface area (Å²) in [7, 11) is 1.16. The van der Waals surface area contributed by atoms with Crippen LogP contribution in [-0.2, 0) is 9.53 Å². The summed E-state index contributed by atoms with van der Waals surface area (Å²) in [4.78, 5) is 27.1. The summed E-state index contributed by atoms with van der Waals surface area (Å²) in [6.45, 7) is 1.27. The summed E-state index contributed by atoms with van der Waals surface area (Å²) >= 11 is 11.8. The van der Waals surface area contributed by atoms with Crippen LogP contribution in [0.4, 0.5) is 10.1 Å². The van der Waals surface area contributed by atoms with Crippen molar-refractivity contribution in [3.63, 3.8) is 0 Å². The number of rotatable bonds is 3. The Morgan fingerprint density at radius 2 is 1.96 bits per heavy atom. The van der Waals surface area contributed by atoms with Gasteiger partial charge in [0.1, 0.15) is 5.82 Å². The van der Waals surface area contributed by atoms with Crippen molar-refractivity contribution in [2.75, 3.05) is 12.4 Å². The van der Waals surface area contributed by atoms with Crippen molar-refractivity contribution in [3.8, 4) is 11.3 Å². The molecule has 2 aromatic rings. The summed E-state index contributed by atoms with van der Waals surface area (Å²) in [6.07, 6.45) is 0. The van der Waals surface area contributed by atoms with Gasteiger partial charge in [-0.05, 0) is 24.3 Å². The number of esters is 1. The number of pyridine rings is 1. The molecule has 0 unspecified atom stereocenters. The van der Waals surface area contributed by atoms with E-state index in [2.05, 4.69) is 15.0 Å². The largest absolute Gasteiger partial charge is 0.464 e. The van der Waals surface area contributed by atoms with Crippen LogP contribution in [0.5, 0.6) is 0 Å². The van der Waals surface area contributed by atoms with Crippen LogP contribution in [-0.4, -0.2) is 24.0 Å². The minimum Gasteiger partial charge on any atom is -0.464 e. The van der Waals surface area contributed by atoms with Crippen LogP contribution in [0, 0.1) is 5.82 Å². The van der Waals surface area contributed by atoms with Crippen LogP contribution >= 0.6 is 23.2 Å². The number of halogens is 3. The standard InChI is InChI=1S/C15H11Cl2FN2O3/c1-7(21)19-12-6-11(9-4-3-8(16)5-10(9)18)20-14(13(12)17)15(22)23-2/h3-6H,1-2H3,(H,19,20,21). The summed E-state index contributed by atoms with van der Waals surface area (Å²) in [5.41, 5.74) is 0.0965. The molecule has 0 saturated carbocycles. The first-order valence-corrected chi connectivity index (χ1v) is 7.11. The first kappa shape index (κ1) is 17.2. The summed E-state index contributed by atoms with van der Waals surface area (Å²) in [5, 5.41) is 2.59. The third-order valence-electron chi connectivity index (χ3n) is 2.85. The van der Waals surface area contributed by atoms with E-state index in [0.29, 0.717) is 0 Å². The smallest absolute Gasteiger partial charge is 0.358 e. The van der Waals surface area contributed by atoms with Gasteiger partial charge in [0.05, 0.1) is 23.5 Å². The van der Waals surface area contributed by atoms with E-state index in [1.165, 1.54) is 25.1 Å². The molecule has 0 aliphatic carbocycles. The molecule has 0 atom stereocenters. The first-order chi connectivity index (χ1) is 10.8. The Morgan fingerprint density at radius 1 is 1.26 bits per heavy atom. The molecular weight excluding hydrogens is 346 g/mol. The highest BCUT2D eigenvalue weighted by atomic mass is 35.5. The fraction of sp³-hybridized carbons (Fsp3) is 0.133. The number of nitrogens with one attached hydrogen (secondary N) is 1. The molecule has 23 heavy (non-hydrogen) atoms. The van der Waals surface area contributed by atoms with Crippen molar-refractivity contribution in [1.29, 1.82) is 0 Å². The van der Waals surface area contributed by atoms with Gasteiger partial charge < -0.3 is 10.1 Å². The van der Waals surface area contributed by atoms with E-state index < -0.39 is 17.7 Å². The highest BCUT2D eigenvalue weighted by Crippen LogP contribution is 2.32. The third kappa shape index (κ3) is 3.78. The fourth-order valence-electron chi connectivity index (χ4n) is 1.88. The maximum atomic E-state index is 14.1. The topological polar surface area (TPSA) is 68.3 Å². The van der Waals surface area contributed by atoms with Gasteiger partial charge in [-0.2, -0.15) is 0 Å². The predicted octanol–water partition coefficient (Wildman–Crippen LogP) is 3.94. The maximum absolute atomic E-state index is 14.1. The molecule has 0 saturated heterocycles. The molecule has 0 aliphatic heterocycles. The molecule has 1 heterocycles. The van der Waals surface area contributed by atoms with Crippen LogP contribution in [0.1, 0.15) is 17.4 Å². The number of methoxy groups -OCH3 is 1. The van der Waals surface area contributed by atoms with E-state index in [-0.39, 0.29) is 32.7 Å². The number of carbonyl (C=O) groups is 2. The average molecular weight is 357 g/mol. The summed E-state index contributed by atoms with van der Waals surface area (Å²) < 4.78 is 18.7. The molecule has 1 N–H and O–H groups in total. The third-order valence-corrected chi connectivity index (χ3v) is 3.47. The molecule has 0 radical (unpaired) electrons. The second kappa shape index (κ2) is 6.93. The highest BCUT2D eigenvalue weighted by Gasteiger charge is 2.20. The van der Waals surface area contributed by atoms with E-state index >= 15 is 0 Å². The number of hydrogen-bond donors (Lipinski definition) is 1. The van der Waals surface area contributed by atoms with Crippen LogP contribution in [0.2, 0.25) is 10.0 Å². The van der Waals surface area contributed by atoms with Crippen LogP contribution in [0.3, 0.4) is 0 Å². The Labute approximate surface area is 141 Å². The summed E-state index contributed by atoms with van der Waals surface area (Å²) in [5.74, 6) is -1.84. The van der Waals surface area contributed by atoms with Crippen LogP contribution < -0.4 is 5.32 Å². The van der Waals surface area contributed by atoms with E-state index in [4.69, 9.17) is 23.2 Å². The molecular formula is C15H11Cl2FN2O3. The number of anilines is 1. The Hall–Kier alpha value is -2.18. The number of hydrogen-bond acceptors (Lipinski definition) is 4. The van der Waals surface area contributed by atoms with Crippen LogP contribution in [0.25, 0.3) is 11.3 Å². The SMILES string of the molecule is COC(=O)c1nc(-c2ccc(Cl)cc2F)cc(NC(C)=O)c1Cl. The van der Waals surface area contributed by atoms with Crippen molar-refractivity contribution < 1.29 is 18.7 Å². The molecule has 120 valence electrons. The maximum Gasteiger partial charge on any atom is 0.358 e. The van der Waals surface area contributed by atoms with Gasteiger partial charge in [0.2, 0.25) is 5.91 Å². The second-order valence-electron chi connectivity index (χ2n) is 4.51. The van der Waals surface area contributed by atoms with Crippen molar-refractivity contribution >= 4 is 40.8 Å². The molecule has 1 amide bonds. The van der Waals surface area contributed by atoms with E-state index in [1.807, 2.05) is 0 Å². The van der Waals surface area contributed by atoms with Gasteiger partial charge in [-0.1, -0.05) is 23.2 Å². The lowest BCUT2D eigenvalue weighted by Gasteiger charge is -2.12. The zero-order valence-corrected chi connectivity index (χ0v) is 13.6. The molecule has 0 fully saturated rings. The van der Waals surface area contributed by atoms with Gasteiger partial charge in [-0.15, -0.1) is 0 Å². The first-order valence-electron chi connectivity index (χ1n) is 6.35. The zero-order valence-electron chi connectivity index (χ0n) is 12.1. The highest BCUT2D eigenvalue weighted by molar-refractivity contribution is 6.36. The van der Waals surface area contributed by atoms with Crippen molar-refractivity contribution in [1.82, 2.24) is 4.98 Å². The Morgan fingerprint density at radius 3 is 2.52 bits per heavy atom. The van der Waals surface area contributed by atoms with Crippen LogP contribution in [0.15, 0.2) is 24.3 Å². The number of carbonyl (C=O) groups excluding carboxylic acids is 2. The predicted molar refractivity (Wildman–Crippen MR) is 85.3 cm³/mol. The van der Waals surface area contributed by atoms with Crippen molar-refractivity contribution in [2.45, 2.75) is 6.92 Å². The van der Waals surface area contributed by atoms with Gasteiger partial charge in [-0.3, -0.25) is 4.79 Å². The number of nitrogens with zero attached hydrogens (tertiary/aromatic N) is 1. The van der Waals surface area contributed by atoms with Gasteiger partial charge in [-0.25, -0.2) is 14.2 Å². The zero-order chi connectivity index (χ0) is 17.1. The second-order valence-corrected chi connectivity index (χ2v) is 5.33. The van der Waals surface area contributed by atoms with E-state index in [1.54, 1.807) is 0 Å². The van der Waals surface area contributed by atoms with E-state index in [9.17, 15) is 14.0 Å². The molecule has 5 nitrogen and oxygen atoms in total. The fourth-order valence-corrected chi connectivity index (χ4v) is 2.26. The minimum absolute atomic E-state index is 0.0924. The number of aromatic nitrogens is 1. The normalized spacial score (nSPS) is 10.3. The van der Waals surface area contributed by atoms with Gasteiger partial charge in [0.15, 0.2) is 5.69 Å². The van der Waals surface area contributed by atoms with Crippen molar-refractivity contribution in [2.24, 2.45) is 0 Å². The molecule has 0 bridgehead atoms. The Balaban J connectivity index is 2.67. The lowest BCUT2D eigenvalue weighted by atomic mass is 10.1. The monoisotopic (exact) mass is 356 g/mol. The minimum atomic E-state index is -0.808. The summed E-state index contributed by atoms with van der Waals surface area (Å²) in [6, 6.07) is 5.37. The lowest BCUT2D eigenvalue weighted by Crippen LogP contribution is -2.12. The Bertz CT molecular complexity index is 797. The quantitative estimate of drug-likeness (QED) is 0.845. The van der Waals surface area contributed by atoms with Gasteiger partial charge >= 0.3 is 5.97 Å². The molecule has 0 aliphatic rings. The molecule has 0 spiro atoms. The lowest BCUT2D eigenvalue weighted by molar-refractivity contribution is -0.114. The van der Waals surface area contributed by atoms with E-state index in [0.717, 1.165) is 13.2 Å². The number of ether oxygens (including phenoxy) is 1. The van der Waals surface area contributed by atoms with Gasteiger partial charge in [0.25, 0.3) is 0 Å².